The van der Waals surface area contributed by atoms with Crippen molar-refractivity contribution < 1.29 is 0 Å². The molecule has 0 radical (unpaired) electrons. The summed E-state index contributed by atoms with van der Waals surface area (Å²) in [4.78, 5) is 4.10. The Morgan fingerprint density at radius 1 is 1.83 bits per heavy atom. The summed E-state index contributed by atoms with van der Waals surface area (Å²) in [6.45, 7) is 2.07. The Balaban J connectivity index is 2.45. The summed E-state index contributed by atoms with van der Waals surface area (Å²) in [5.74, 6) is 0. The van der Waals surface area contributed by atoms with E-state index in [0.29, 0.717) is 0 Å². The molecule has 0 spiro atoms. The maximum absolute atomic E-state index is 4.10. The lowest BCUT2D eigenvalue weighted by Gasteiger charge is -1.85. The number of amidine groups is 1. The summed E-state index contributed by atoms with van der Waals surface area (Å²) < 4.78 is 0. The van der Waals surface area contributed by atoms with Crippen molar-refractivity contribution >= 4 is 15.7 Å². The number of hydrogen-bond acceptors (Lipinski definition) is 2. The number of rotatable bonds is 0. The molecule has 0 aliphatic carbocycles. The van der Waals surface area contributed by atoms with Gasteiger partial charge in [0, 0.05) is 6.54 Å². The summed E-state index contributed by atoms with van der Waals surface area (Å²) in [7, 11) is 1.09. The monoisotopic (exact) mass is 100 g/mol. The van der Waals surface area contributed by atoms with Crippen molar-refractivity contribution in [1.82, 2.24) is 5.32 Å². The van der Waals surface area contributed by atoms with Gasteiger partial charge in [-0.15, -0.1) is 0 Å². The second-order valence-electron chi connectivity index (χ2n) is 1.39. The second-order valence-corrected chi connectivity index (χ2v) is 2.34. The fraction of sp³-hybridized carbons (Fsp3) is 0.667. The molecular formula is C3H8N2Si. The standard InChI is InChI=1S/C3H8N2Si/c6-3-4-1-2-5-3/h1-2H2,6H3,(H,4,5). The predicted molar refractivity (Wildman–Crippen MR) is 30.2 cm³/mol. The molecule has 0 saturated carbocycles. The summed E-state index contributed by atoms with van der Waals surface area (Å²) in [5.41, 5.74) is 1.22. The maximum atomic E-state index is 4.10. The van der Waals surface area contributed by atoms with Crippen LogP contribution in [0.3, 0.4) is 0 Å². The molecule has 0 bridgehead atoms. The number of nitrogens with one attached hydrogen (secondary N) is 1. The quantitative estimate of drug-likeness (QED) is 0.361. The second kappa shape index (κ2) is 1.42. The van der Waals surface area contributed by atoms with E-state index in [1.807, 2.05) is 0 Å². The van der Waals surface area contributed by atoms with Crippen LogP contribution < -0.4 is 5.32 Å². The van der Waals surface area contributed by atoms with Crippen molar-refractivity contribution in [2.24, 2.45) is 4.99 Å². The van der Waals surface area contributed by atoms with Crippen LogP contribution in [-0.4, -0.2) is 28.8 Å². The average Bonchev–Trinajstić information content (AvgIpc) is 1.86. The van der Waals surface area contributed by atoms with Crippen molar-refractivity contribution in [3.8, 4) is 0 Å². The highest BCUT2D eigenvalue weighted by Crippen LogP contribution is 1.76. The lowest BCUT2D eigenvalue weighted by molar-refractivity contribution is 0.963. The molecule has 0 atom stereocenters. The predicted octanol–water partition coefficient (Wildman–Crippen LogP) is -1.69. The smallest absolute Gasteiger partial charge is 0.0828 e. The zero-order valence-corrected chi connectivity index (χ0v) is 5.86. The average molecular weight is 100 g/mol. The summed E-state index contributed by atoms with van der Waals surface area (Å²) >= 11 is 0. The van der Waals surface area contributed by atoms with Crippen LogP contribution in [0, 0.1) is 0 Å². The van der Waals surface area contributed by atoms with Crippen LogP contribution in [0.25, 0.3) is 0 Å². The molecule has 1 rings (SSSR count). The van der Waals surface area contributed by atoms with E-state index in [1.165, 1.54) is 5.46 Å². The minimum atomic E-state index is 0.999. The van der Waals surface area contributed by atoms with Gasteiger partial charge in [-0.3, -0.25) is 4.99 Å². The molecule has 0 amide bonds. The first-order valence-corrected chi connectivity index (χ1v) is 3.14. The first-order valence-electron chi connectivity index (χ1n) is 2.14. The van der Waals surface area contributed by atoms with E-state index in [9.17, 15) is 0 Å². The van der Waals surface area contributed by atoms with E-state index in [0.717, 1.165) is 23.3 Å². The molecule has 34 valence electrons. The Hall–Kier alpha value is -0.313. The van der Waals surface area contributed by atoms with Crippen LogP contribution in [0.2, 0.25) is 0 Å². The van der Waals surface area contributed by atoms with Crippen LogP contribution in [0.1, 0.15) is 0 Å². The highest BCUT2D eigenvalue weighted by atomic mass is 28.1. The normalized spacial score (nSPS) is 20.3. The van der Waals surface area contributed by atoms with E-state index in [1.54, 1.807) is 0 Å². The summed E-state index contributed by atoms with van der Waals surface area (Å²) in [6.07, 6.45) is 0. The zero-order valence-electron chi connectivity index (χ0n) is 3.86. The highest BCUT2D eigenvalue weighted by molar-refractivity contribution is 6.59. The third kappa shape index (κ3) is 0.595. The zero-order chi connectivity index (χ0) is 4.41. The Morgan fingerprint density at radius 3 is 2.83 bits per heavy atom. The van der Waals surface area contributed by atoms with Gasteiger partial charge in [0.2, 0.25) is 0 Å². The molecule has 1 aliphatic rings. The third-order valence-electron chi connectivity index (χ3n) is 0.842. The first kappa shape index (κ1) is 3.86. The van der Waals surface area contributed by atoms with Gasteiger partial charge in [0.15, 0.2) is 0 Å². The molecule has 6 heavy (non-hydrogen) atoms. The van der Waals surface area contributed by atoms with Gasteiger partial charge >= 0.3 is 0 Å². The van der Waals surface area contributed by atoms with E-state index in [4.69, 9.17) is 0 Å². The number of aliphatic imine (C=N–C) groups is 1. The van der Waals surface area contributed by atoms with E-state index in [2.05, 4.69) is 10.3 Å². The van der Waals surface area contributed by atoms with Gasteiger partial charge in [-0.05, 0) is 0 Å². The molecule has 1 aliphatic heterocycles. The molecule has 1 N–H and O–H groups in total. The van der Waals surface area contributed by atoms with Crippen molar-refractivity contribution in [3.05, 3.63) is 0 Å². The first-order chi connectivity index (χ1) is 2.89. The fourth-order valence-electron chi connectivity index (χ4n) is 0.516. The molecule has 0 saturated heterocycles. The Morgan fingerprint density at radius 2 is 2.67 bits per heavy atom. The van der Waals surface area contributed by atoms with Gasteiger partial charge in [-0.25, -0.2) is 0 Å². The van der Waals surface area contributed by atoms with Crippen LogP contribution in [0.4, 0.5) is 0 Å². The Kier molecular flexibility index (Phi) is 0.917. The van der Waals surface area contributed by atoms with Crippen molar-refractivity contribution in [2.45, 2.75) is 0 Å². The molecule has 0 fully saturated rings. The maximum Gasteiger partial charge on any atom is 0.0828 e. The van der Waals surface area contributed by atoms with Gasteiger partial charge in [-0.2, -0.15) is 0 Å². The molecule has 0 unspecified atom stereocenters. The molecule has 1 heterocycles. The highest BCUT2D eigenvalue weighted by Gasteiger charge is 1.93. The molecular weight excluding hydrogens is 92.1 g/mol. The van der Waals surface area contributed by atoms with Gasteiger partial charge in [-0.1, -0.05) is 0 Å². The van der Waals surface area contributed by atoms with Crippen molar-refractivity contribution in [1.29, 1.82) is 0 Å². The summed E-state index contributed by atoms with van der Waals surface area (Å²) in [6, 6.07) is 0. The largest absolute Gasteiger partial charge is 0.377 e. The van der Waals surface area contributed by atoms with E-state index < -0.39 is 0 Å². The van der Waals surface area contributed by atoms with Gasteiger partial charge in [0.25, 0.3) is 0 Å². The molecule has 3 heteroatoms. The molecule has 0 aromatic rings. The lowest BCUT2D eigenvalue weighted by atomic mass is 10.7. The minimum absolute atomic E-state index is 0.999. The SMILES string of the molecule is [SiH3]C1=NCCN1. The topological polar surface area (TPSA) is 24.4 Å². The van der Waals surface area contributed by atoms with Crippen molar-refractivity contribution in [3.63, 3.8) is 0 Å². The Labute approximate surface area is 40.1 Å². The lowest BCUT2D eigenvalue weighted by Crippen LogP contribution is -2.17. The molecule has 2 nitrogen and oxygen atoms in total. The van der Waals surface area contributed by atoms with E-state index in [-0.39, 0.29) is 0 Å². The van der Waals surface area contributed by atoms with Gasteiger partial charge in [0.05, 0.1) is 22.2 Å². The van der Waals surface area contributed by atoms with Crippen molar-refractivity contribution in [2.75, 3.05) is 13.1 Å². The fourth-order valence-corrected chi connectivity index (χ4v) is 0.990. The number of nitrogens with zero attached hydrogens (tertiary/aromatic N) is 1. The summed E-state index contributed by atoms with van der Waals surface area (Å²) in [5, 5.41) is 3.13. The third-order valence-corrected chi connectivity index (χ3v) is 1.51. The van der Waals surface area contributed by atoms with Gasteiger partial charge < -0.3 is 5.32 Å². The van der Waals surface area contributed by atoms with Crippen LogP contribution in [0.15, 0.2) is 4.99 Å². The van der Waals surface area contributed by atoms with Crippen LogP contribution >= 0.6 is 0 Å². The van der Waals surface area contributed by atoms with E-state index >= 15 is 0 Å². The molecule has 0 aromatic carbocycles. The van der Waals surface area contributed by atoms with Crippen LogP contribution in [0.5, 0.6) is 0 Å². The van der Waals surface area contributed by atoms with Crippen LogP contribution in [-0.2, 0) is 0 Å². The minimum Gasteiger partial charge on any atom is -0.377 e. The Bertz CT molecular complexity index is 78.9. The number of hydrogen-bond donors (Lipinski definition) is 1. The van der Waals surface area contributed by atoms with Gasteiger partial charge in [0.1, 0.15) is 0 Å². The molecule has 0 aromatic heterocycles.